The fraction of sp³-hybridized carbons (Fsp3) is 1.00. The quantitative estimate of drug-likeness (QED) is 0.689. The number of hydrogen-bond acceptors (Lipinski definition) is 2. The molecule has 1 N–H and O–H groups in total. The van der Waals surface area contributed by atoms with E-state index in [-0.39, 0.29) is 6.10 Å². The van der Waals surface area contributed by atoms with Gasteiger partial charge < -0.3 is 5.11 Å². The van der Waals surface area contributed by atoms with Crippen molar-refractivity contribution in [3.05, 3.63) is 0 Å². The zero-order chi connectivity index (χ0) is 10.4. The molecule has 13 heavy (non-hydrogen) atoms. The lowest BCUT2D eigenvalue weighted by molar-refractivity contribution is 0.0723. The van der Waals surface area contributed by atoms with E-state index in [1.165, 1.54) is 0 Å². The molecule has 0 aliphatic rings. The fourth-order valence-electron chi connectivity index (χ4n) is 1.57. The average molecular weight is 187 g/mol. The summed E-state index contributed by atoms with van der Waals surface area (Å²) in [6, 6.07) is 1.15. The predicted octanol–water partition coefficient (Wildman–Crippen LogP) is 2.27. The average Bonchev–Trinajstić information content (AvgIpc) is 2.11. The molecule has 0 amide bonds. The highest BCUT2D eigenvalue weighted by Crippen LogP contribution is 2.11. The minimum Gasteiger partial charge on any atom is -0.392 e. The Balaban J connectivity index is 4.17. The summed E-state index contributed by atoms with van der Waals surface area (Å²) in [4.78, 5) is 2.39. The third-order valence-corrected chi connectivity index (χ3v) is 2.79. The first kappa shape index (κ1) is 12.9. The molecule has 0 aliphatic carbocycles. The van der Waals surface area contributed by atoms with E-state index in [2.05, 4.69) is 32.6 Å². The van der Waals surface area contributed by atoms with Gasteiger partial charge in [-0.25, -0.2) is 0 Å². The third kappa shape index (κ3) is 4.63. The molecule has 0 rings (SSSR count). The standard InChI is InChI=1S/C11H25NO/c1-6-9(3)12(8-11(5)13)10(4)7-2/h9-11,13H,6-8H2,1-5H3. The lowest BCUT2D eigenvalue weighted by Crippen LogP contribution is -2.43. The minimum atomic E-state index is -0.219. The SMILES string of the molecule is CCC(C)N(CC(C)O)C(C)CC. The minimum absolute atomic E-state index is 0.219. The maximum atomic E-state index is 9.37. The van der Waals surface area contributed by atoms with E-state index in [1.807, 2.05) is 6.92 Å². The highest BCUT2D eigenvalue weighted by atomic mass is 16.3. The summed E-state index contributed by atoms with van der Waals surface area (Å²) >= 11 is 0. The summed E-state index contributed by atoms with van der Waals surface area (Å²) in [5, 5.41) is 9.37. The Morgan fingerprint density at radius 3 is 1.62 bits per heavy atom. The molecule has 0 bridgehead atoms. The summed E-state index contributed by atoms with van der Waals surface area (Å²) in [7, 11) is 0. The van der Waals surface area contributed by atoms with Crippen molar-refractivity contribution >= 4 is 0 Å². The van der Waals surface area contributed by atoms with Crippen LogP contribution >= 0.6 is 0 Å². The first-order valence-corrected chi connectivity index (χ1v) is 5.46. The molecule has 0 aromatic rings. The van der Waals surface area contributed by atoms with Crippen molar-refractivity contribution in [2.24, 2.45) is 0 Å². The first-order chi connectivity index (χ1) is 6.02. The number of rotatable bonds is 6. The highest BCUT2D eigenvalue weighted by molar-refractivity contribution is 4.73. The lowest BCUT2D eigenvalue weighted by Gasteiger charge is -2.34. The molecule has 0 heterocycles. The Hall–Kier alpha value is -0.0800. The first-order valence-electron chi connectivity index (χ1n) is 5.46. The van der Waals surface area contributed by atoms with Crippen molar-refractivity contribution in [3.8, 4) is 0 Å². The van der Waals surface area contributed by atoms with Crippen molar-refractivity contribution in [2.45, 2.75) is 65.6 Å². The maximum Gasteiger partial charge on any atom is 0.0639 e. The molecule has 0 aliphatic heterocycles. The molecule has 2 heteroatoms. The zero-order valence-electron chi connectivity index (χ0n) is 9.75. The Kier molecular flexibility index (Phi) is 6.35. The van der Waals surface area contributed by atoms with E-state index < -0.39 is 0 Å². The van der Waals surface area contributed by atoms with Crippen LogP contribution in [0.3, 0.4) is 0 Å². The maximum absolute atomic E-state index is 9.37. The number of aliphatic hydroxyl groups is 1. The van der Waals surface area contributed by atoms with Gasteiger partial charge in [-0.2, -0.15) is 0 Å². The summed E-state index contributed by atoms with van der Waals surface area (Å²) in [5.41, 5.74) is 0. The van der Waals surface area contributed by atoms with Crippen LogP contribution in [-0.4, -0.2) is 34.7 Å². The van der Waals surface area contributed by atoms with Crippen LogP contribution in [-0.2, 0) is 0 Å². The molecular formula is C11H25NO. The second-order valence-corrected chi connectivity index (χ2v) is 4.06. The van der Waals surface area contributed by atoms with Crippen LogP contribution in [0.25, 0.3) is 0 Å². The van der Waals surface area contributed by atoms with Crippen LogP contribution in [0.5, 0.6) is 0 Å². The summed E-state index contributed by atoms with van der Waals surface area (Å²) in [6.07, 6.45) is 2.08. The van der Waals surface area contributed by atoms with Gasteiger partial charge in [0.05, 0.1) is 6.10 Å². The second kappa shape index (κ2) is 6.39. The van der Waals surface area contributed by atoms with Gasteiger partial charge in [0.1, 0.15) is 0 Å². The predicted molar refractivity (Wildman–Crippen MR) is 57.9 cm³/mol. The number of aliphatic hydroxyl groups excluding tert-OH is 1. The fourth-order valence-corrected chi connectivity index (χ4v) is 1.57. The topological polar surface area (TPSA) is 23.5 Å². The van der Waals surface area contributed by atoms with Crippen LogP contribution in [0.15, 0.2) is 0 Å². The van der Waals surface area contributed by atoms with Crippen molar-refractivity contribution in [3.63, 3.8) is 0 Å². The Morgan fingerprint density at radius 2 is 1.38 bits per heavy atom. The molecule has 0 radical (unpaired) electrons. The van der Waals surface area contributed by atoms with Gasteiger partial charge in [-0.3, -0.25) is 4.90 Å². The van der Waals surface area contributed by atoms with Crippen molar-refractivity contribution in [1.82, 2.24) is 4.90 Å². The smallest absolute Gasteiger partial charge is 0.0639 e. The van der Waals surface area contributed by atoms with E-state index in [9.17, 15) is 5.11 Å². The summed E-state index contributed by atoms with van der Waals surface area (Å²) < 4.78 is 0. The van der Waals surface area contributed by atoms with Gasteiger partial charge in [-0.15, -0.1) is 0 Å². The monoisotopic (exact) mass is 187 g/mol. The van der Waals surface area contributed by atoms with Gasteiger partial charge in [0.25, 0.3) is 0 Å². The molecule has 2 nitrogen and oxygen atoms in total. The van der Waals surface area contributed by atoms with E-state index in [0.717, 1.165) is 19.4 Å². The van der Waals surface area contributed by atoms with Crippen LogP contribution in [0.4, 0.5) is 0 Å². The van der Waals surface area contributed by atoms with Crippen molar-refractivity contribution in [2.75, 3.05) is 6.54 Å². The Labute approximate surface area is 82.9 Å². The molecule has 0 spiro atoms. The zero-order valence-corrected chi connectivity index (χ0v) is 9.75. The second-order valence-electron chi connectivity index (χ2n) is 4.06. The molecule has 0 saturated heterocycles. The van der Waals surface area contributed by atoms with Gasteiger partial charge in [0.2, 0.25) is 0 Å². The molecular weight excluding hydrogens is 162 g/mol. The van der Waals surface area contributed by atoms with E-state index >= 15 is 0 Å². The Bertz CT molecular complexity index is 115. The highest BCUT2D eigenvalue weighted by Gasteiger charge is 2.18. The normalized spacial score (nSPS) is 18.7. The van der Waals surface area contributed by atoms with Gasteiger partial charge >= 0.3 is 0 Å². The van der Waals surface area contributed by atoms with E-state index in [0.29, 0.717) is 12.1 Å². The summed E-state index contributed by atoms with van der Waals surface area (Å²) in [5.74, 6) is 0. The lowest BCUT2D eigenvalue weighted by atomic mass is 10.1. The number of hydrogen-bond donors (Lipinski definition) is 1. The van der Waals surface area contributed by atoms with Gasteiger partial charge in [0.15, 0.2) is 0 Å². The van der Waals surface area contributed by atoms with Crippen LogP contribution in [0.1, 0.15) is 47.5 Å². The van der Waals surface area contributed by atoms with Gasteiger partial charge in [0, 0.05) is 18.6 Å². The van der Waals surface area contributed by atoms with Crippen molar-refractivity contribution < 1.29 is 5.11 Å². The Morgan fingerprint density at radius 1 is 1.00 bits per heavy atom. The molecule has 3 unspecified atom stereocenters. The van der Waals surface area contributed by atoms with Gasteiger partial charge in [-0.05, 0) is 33.6 Å². The molecule has 0 aromatic carbocycles. The molecule has 0 fully saturated rings. The summed E-state index contributed by atoms with van der Waals surface area (Å²) in [6.45, 7) is 11.5. The van der Waals surface area contributed by atoms with E-state index in [4.69, 9.17) is 0 Å². The van der Waals surface area contributed by atoms with Crippen molar-refractivity contribution in [1.29, 1.82) is 0 Å². The molecule has 0 saturated carbocycles. The molecule has 0 aromatic heterocycles. The number of nitrogens with zero attached hydrogens (tertiary/aromatic N) is 1. The van der Waals surface area contributed by atoms with Crippen LogP contribution in [0, 0.1) is 0 Å². The molecule has 3 atom stereocenters. The van der Waals surface area contributed by atoms with E-state index in [1.54, 1.807) is 0 Å². The largest absolute Gasteiger partial charge is 0.392 e. The van der Waals surface area contributed by atoms with Crippen LogP contribution in [0.2, 0.25) is 0 Å². The third-order valence-electron chi connectivity index (χ3n) is 2.79. The van der Waals surface area contributed by atoms with Crippen LogP contribution < -0.4 is 0 Å². The van der Waals surface area contributed by atoms with Gasteiger partial charge in [-0.1, -0.05) is 13.8 Å². The molecule has 80 valence electrons.